The Morgan fingerprint density at radius 3 is 2.09 bits per heavy atom. The van der Waals surface area contributed by atoms with Crippen molar-refractivity contribution in [1.29, 1.82) is 0 Å². The zero-order valence-corrected chi connectivity index (χ0v) is 21.7. The number of hydrogen-bond acceptors (Lipinski definition) is 6. The van der Waals surface area contributed by atoms with E-state index in [0.717, 1.165) is 15.4 Å². The number of aryl methyl sites for hydroxylation is 2. The highest BCUT2D eigenvalue weighted by molar-refractivity contribution is 7.92. The Kier molecular flexibility index (Phi) is 8.14. The summed E-state index contributed by atoms with van der Waals surface area (Å²) in [6.45, 7) is 3.20. The summed E-state index contributed by atoms with van der Waals surface area (Å²) >= 11 is 6.19. The fourth-order valence-corrected chi connectivity index (χ4v) is 5.19. The van der Waals surface area contributed by atoms with E-state index >= 15 is 0 Å². The number of carbonyl (C=O) groups excluding carboxylic acids is 1. The number of ether oxygens (including phenoxy) is 3. The van der Waals surface area contributed by atoms with Crippen molar-refractivity contribution in [3.8, 4) is 17.2 Å². The zero-order valence-electron chi connectivity index (χ0n) is 20.1. The lowest BCUT2D eigenvalue weighted by Crippen LogP contribution is -2.38. The maximum atomic E-state index is 13.9. The molecule has 0 radical (unpaired) electrons. The lowest BCUT2D eigenvalue weighted by molar-refractivity contribution is -0.114. The van der Waals surface area contributed by atoms with Gasteiger partial charge in [0.05, 0.1) is 31.9 Å². The molecule has 0 aromatic heterocycles. The lowest BCUT2D eigenvalue weighted by Gasteiger charge is -2.26. The highest BCUT2D eigenvalue weighted by atomic mass is 35.5. The average Bonchev–Trinajstić information content (AvgIpc) is 2.84. The number of sulfonamides is 1. The molecule has 0 unspecified atom stereocenters. The summed E-state index contributed by atoms with van der Waals surface area (Å²) < 4.78 is 44.6. The molecule has 0 bridgehead atoms. The minimum Gasteiger partial charge on any atom is -0.495 e. The molecule has 3 aromatic rings. The standard InChI is InChI=1S/C25H27ClN2O6S/c1-16-7-6-8-17(2)25(16)27-24(29)15-28(20-13-18(26)9-11-21(20)32-3)35(30,31)19-10-12-22(33-4)23(14-19)34-5/h6-14H,15H2,1-5H3,(H,27,29). The molecule has 35 heavy (non-hydrogen) atoms. The molecular weight excluding hydrogens is 492 g/mol. The van der Waals surface area contributed by atoms with Crippen molar-refractivity contribution < 1.29 is 27.4 Å². The fraction of sp³-hybridized carbons (Fsp3) is 0.240. The monoisotopic (exact) mass is 518 g/mol. The number of hydrogen-bond donors (Lipinski definition) is 1. The second kappa shape index (κ2) is 10.9. The third-order valence-corrected chi connectivity index (χ3v) is 7.38. The molecule has 3 aromatic carbocycles. The first kappa shape index (κ1) is 26.2. The molecule has 10 heteroatoms. The van der Waals surface area contributed by atoms with Gasteiger partial charge in [-0.25, -0.2) is 8.42 Å². The van der Waals surface area contributed by atoms with Crippen LogP contribution in [0.5, 0.6) is 17.2 Å². The van der Waals surface area contributed by atoms with Crippen molar-refractivity contribution in [2.24, 2.45) is 0 Å². The van der Waals surface area contributed by atoms with E-state index in [1.54, 1.807) is 6.07 Å². The van der Waals surface area contributed by atoms with Crippen molar-refractivity contribution in [2.45, 2.75) is 18.7 Å². The summed E-state index contributed by atoms with van der Waals surface area (Å²) in [6.07, 6.45) is 0. The Morgan fingerprint density at radius 2 is 1.49 bits per heavy atom. The van der Waals surface area contributed by atoms with Gasteiger partial charge >= 0.3 is 0 Å². The van der Waals surface area contributed by atoms with Gasteiger partial charge < -0.3 is 19.5 Å². The summed E-state index contributed by atoms with van der Waals surface area (Å²) in [5, 5.41) is 3.11. The Hall–Kier alpha value is -3.43. The van der Waals surface area contributed by atoms with Crippen molar-refractivity contribution in [3.63, 3.8) is 0 Å². The molecule has 0 heterocycles. The van der Waals surface area contributed by atoms with Crippen molar-refractivity contribution in [2.75, 3.05) is 37.5 Å². The summed E-state index contributed by atoms with van der Waals surface area (Å²) in [4.78, 5) is 13.1. The number of halogens is 1. The maximum Gasteiger partial charge on any atom is 0.265 e. The van der Waals surface area contributed by atoms with E-state index in [2.05, 4.69) is 5.32 Å². The Balaban J connectivity index is 2.10. The average molecular weight is 519 g/mol. The van der Waals surface area contributed by atoms with Crippen LogP contribution in [0.4, 0.5) is 11.4 Å². The quantitative estimate of drug-likeness (QED) is 0.436. The molecule has 3 rings (SSSR count). The predicted molar refractivity (Wildman–Crippen MR) is 137 cm³/mol. The first-order valence-corrected chi connectivity index (χ1v) is 12.4. The predicted octanol–water partition coefficient (Wildman–Crippen LogP) is 4.82. The highest BCUT2D eigenvalue weighted by Crippen LogP contribution is 2.37. The third-order valence-electron chi connectivity index (χ3n) is 5.39. The first-order valence-electron chi connectivity index (χ1n) is 10.6. The second-order valence-corrected chi connectivity index (χ2v) is 9.96. The molecule has 8 nitrogen and oxygen atoms in total. The molecule has 1 amide bonds. The smallest absolute Gasteiger partial charge is 0.265 e. The zero-order chi connectivity index (χ0) is 25.8. The van der Waals surface area contributed by atoms with Gasteiger partial charge in [0.15, 0.2) is 11.5 Å². The van der Waals surface area contributed by atoms with Crippen LogP contribution in [0.3, 0.4) is 0 Å². The molecule has 0 aliphatic rings. The SMILES string of the molecule is COc1ccc(S(=O)(=O)N(CC(=O)Nc2c(C)cccc2C)c2cc(Cl)ccc2OC)cc1OC. The Labute approximate surface area is 210 Å². The van der Waals surface area contributed by atoms with Crippen LogP contribution in [0.15, 0.2) is 59.5 Å². The molecule has 0 aliphatic heterocycles. The van der Waals surface area contributed by atoms with Gasteiger partial charge in [-0.1, -0.05) is 29.8 Å². The summed E-state index contributed by atoms with van der Waals surface area (Å²) in [5.74, 6) is 0.296. The second-order valence-electron chi connectivity index (χ2n) is 7.66. The number of para-hydroxylation sites is 1. The fourth-order valence-electron chi connectivity index (χ4n) is 3.58. The van der Waals surface area contributed by atoms with Gasteiger partial charge in [0.2, 0.25) is 5.91 Å². The van der Waals surface area contributed by atoms with Gasteiger partial charge in [0.1, 0.15) is 12.3 Å². The normalized spacial score (nSPS) is 11.0. The summed E-state index contributed by atoms with van der Waals surface area (Å²) in [5.41, 5.74) is 2.45. The van der Waals surface area contributed by atoms with Crippen LogP contribution in [-0.4, -0.2) is 42.2 Å². The van der Waals surface area contributed by atoms with E-state index in [1.165, 1.54) is 51.7 Å². The minimum atomic E-state index is -4.27. The molecule has 186 valence electrons. The molecule has 0 spiro atoms. The minimum absolute atomic E-state index is 0.1000. The lowest BCUT2D eigenvalue weighted by atomic mass is 10.1. The largest absolute Gasteiger partial charge is 0.495 e. The van der Waals surface area contributed by atoms with E-state index in [1.807, 2.05) is 32.0 Å². The van der Waals surface area contributed by atoms with Gasteiger partial charge in [-0.2, -0.15) is 0 Å². The first-order chi connectivity index (χ1) is 16.6. The van der Waals surface area contributed by atoms with Gasteiger partial charge in [-0.05, 0) is 55.3 Å². The number of rotatable bonds is 9. The number of carbonyl (C=O) groups is 1. The molecule has 0 saturated heterocycles. The van der Waals surface area contributed by atoms with Crippen molar-refractivity contribution in [3.05, 3.63) is 70.7 Å². The van der Waals surface area contributed by atoms with Gasteiger partial charge in [0.25, 0.3) is 10.0 Å². The van der Waals surface area contributed by atoms with Gasteiger partial charge in [0, 0.05) is 16.8 Å². The van der Waals surface area contributed by atoms with Crippen LogP contribution in [-0.2, 0) is 14.8 Å². The highest BCUT2D eigenvalue weighted by Gasteiger charge is 2.31. The molecule has 0 atom stereocenters. The Morgan fingerprint density at radius 1 is 0.886 bits per heavy atom. The molecule has 0 saturated carbocycles. The van der Waals surface area contributed by atoms with Crippen LogP contribution in [0.2, 0.25) is 5.02 Å². The van der Waals surface area contributed by atoms with Gasteiger partial charge in [-0.15, -0.1) is 0 Å². The van der Waals surface area contributed by atoms with Crippen LogP contribution in [0.25, 0.3) is 0 Å². The van der Waals surface area contributed by atoms with Crippen LogP contribution in [0.1, 0.15) is 11.1 Å². The number of anilines is 2. The van der Waals surface area contributed by atoms with Gasteiger partial charge in [-0.3, -0.25) is 9.10 Å². The van der Waals surface area contributed by atoms with E-state index < -0.39 is 22.5 Å². The maximum absolute atomic E-state index is 13.9. The summed E-state index contributed by atoms with van der Waals surface area (Å²) in [7, 11) is -0.00471. The molecule has 0 fully saturated rings. The van der Waals surface area contributed by atoms with Crippen molar-refractivity contribution >= 4 is 38.9 Å². The van der Waals surface area contributed by atoms with Crippen LogP contribution >= 0.6 is 11.6 Å². The van der Waals surface area contributed by atoms with Crippen LogP contribution in [0, 0.1) is 13.8 Å². The number of nitrogens with one attached hydrogen (secondary N) is 1. The van der Waals surface area contributed by atoms with Crippen LogP contribution < -0.4 is 23.8 Å². The number of amides is 1. The molecule has 1 N–H and O–H groups in total. The van der Waals surface area contributed by atoms with E-state index in [9.17, 15) is 13.2 Å². The number of nitrogens with zero attached hydrogens (tertiary/aromatic N) is 1. The third kappa shape index (κ3) is 5.63. The van der Waals surface area contributed by atoms with E-state index in [0.29, 0.717) is 11.4 Å². The van der Waals surface area contributed by atoms with E-state index in [4.69, 9.17) is 25.8 Å². The molecule has 0 aliphatic carbocycles. The molecular formula is C25H27ClN2O6S. The van der Waals surface area contributed by atoms with Crippen molar-refractivity contribution in [1.82, 2.24) is 0 Å². The number of methoxy groups -OCH3 is 3. The Bertz CT molecular complexity index is 1320. The number of benzene rings is 3. The topological polar surface area (TPSA) is 94.2 Å². The summed E-state index contributed by atoms with van der Waals surface area (Å²) in [6, 6.07) is 14.3. The van der Waals surface area contributed by atoms with E-state index in [-0.39, 0.29) is 27.1 Å².